The maximum atomic E-state index is 12.2. The van der Waals surface area contributed by atoms with E-state index in [0.717, 1.165) is 44.9 Å². The highest BCUT2D eigenvalue weighted by Gasteiger charge is 2.49. The number of aliphatic hydroxyl groups is 1. The molecule has 0 aromatic rings. The number of carbonyl (C=O) groups excluding carboxylic acids is 1. The fourth-order valence-corrected chi connectivity index (χ4v) is 2.64. The van der Waals surface area contributed by atoms with Gasteiger partial charge >= 0.3 is 0 Å². The summed E-state index contributed by atoms with van der Waals surface area (Å²) in [5.74, 6) is 0.125. The van der Waals surface area contributed by atoms with Crippen LogP contribution in [0.15, 0.2) is 0 Å². The Kier molecular flexibility index (Phi) is 4.05. The molecular weight excluding hydrogens is 218 g/mol. The lowest BCUT2D eigenvalue weighted by molar-refractivity contribution is -0.129. The molecule has 2 fully saturated rings. The van der Waals surface area contributed by atoms with E-state index in [1.165, 1.54) is 0 Å². The third-order valence-electron chi connectivity index (χ3n) is 4.17. The van der Waals surface area contributed by atoms with Gasteiger partial charge in [0.1, 0.15) is 0 Å². The highest BCUT2D eigenvalue weighted by molar-refractivity contribution is 5.85. The molecule has 1 amide bonds. The first kappa shape index (κ1) is 12.8. The summed E-state index contributed by atoms with van der Waals surface area (Å²) in [5.41, 5.74) is -0.187. The molecule has 0 radical (unpaired) electrons. The Labute approximate surface area is 103 Å². The number of carbonyl (C=O) groups is 1. The lowest BCUT2D eigenvalue weighted by Crippen LogP contribution is -2.47. The quantitative estimate of drug-likeness (QED) is 0.761. The number of amides is 1. The van der Waals surface area contributed by atoms with Gasteiger partial charge in [0.2, 0.25) is 5.91 Å². The Morgan fingerprint density at radius 1 is 1.41 bits per heavy atom. The van der Waals surface area contributed by atoms with Crippen LogP contribution in [0.25, 0.3) is 0 Å². The van der Waals surface area contributed by atoms with E-state index in [2.05, 4.69) is 5.32 Å². The van der Waals surface area contributed by atoms with Crippen LogP contribution in [0.2, 0.25) is 0 Å². The van der Waals surface area contributed by atoms with Crippen molar-refractivity contribution in [2.45, 2.75) is 57.1 Å². The van der Waals surface area contributed by atoms with Gasteiger partial charge in [-0.2, -0.15) is 0 Å². The summed E-state index contributed by atoms with van der Waals surface area (Å²) in [4.78, 5) is 12.2. The van der Waals surface area contributed by atoms with Gasteiger partial charge in [0.25, 0.3) is 0 Å². The van der Waals surface area contributed by atoms with Crippen molar-refractivity contribution in [3.05, 3.63) is 0 Å². The van der Waals surface area contributed by atoms with Gasteiger partial charge in [-0.15, -0.1) is 0 Å². The highest BCUT2D eigenvalue weighted by atomic mass is 16.5. The molecule has 0 unspecified atom stereocenters. The van der Waals surface area contributed by atoms with E-state index >= 15 is 0 Å². The van der Waals surface area contributed by atoms with E-state index in [0.29, 0.717) is 6.61 Å². The largest absolute Gasteiger partial charge is 0.391 e. The van der Waals surface area contributed by atoms with Crippen LogP contribution in [0.1, 0.15) is 44.9 Å². The SMILES string of the molecule is COCCC1(C(=O)N[C@@H]2CCCC[C@@H]2O)CC1. The minimum absolute atomic E-state index is 0.0312. The number of ether oxygens (including phenoxy) is 1. The summed E-state index contributed by atoms with van der Waals surface area (Å²) in [6.45, 7) is 0.640. The first-order valence-corrected chi connectivity index (χ1v) is 6.66. The lowest BCUT2D eigenvalue weighted by atomic mass is 9.91. The molecule has 0 bridgehead atoms. The molecule has 2 atom stereocenters. The van der Waals surface area contributed by atoms with Crippen LogP contribution in [0.3, 0.4) is 0 Å². The van der Waals surface area contributed by atoms with Gasteiger partial charge in [-0.05, 0) is 32.1 Å². The Hall–Kier alpha value is -0.610. The van der Waals surface area contributed by atoms with Crippen molar-refractivity contribution in [3.8, 4) is 0 Å². The van der Waals surface area contributed by atoms with Gasteiger partial charge in [-0.1, -0.05) is 12.8 Å². The first-order chi connectivity index (χ1) is 8.18. The summed E-state index contributed by atoms with van der Waals surface area (Å²) >= 11 is 0. The molecule has 0 saturated heterocycles. The van der Waals surface area contributed by atoms with Crippen molar-refractivity contribution in [1.82, 2.24) is 5.32 Å². The molecule has 4 heteroatoms. The van der Waals surface area contributed by atoms with Crippen molar-refractivity contribution >= 4 is 5.91 Å². The third kappa shape index (κ3) is 2.99. The van der Waals surface area contributed by atoms with Crippen LogP contribution >= 0.6 is 0 Å². The van der Waals surface area contributed by atoms with E-state index in [1.54, 1.807) is 7.11 Å². The number of rotatable bonds is 5. The zero-order chi connectivity index (χ0) is 12.3. The summed E-state index contributed by atoms with van der Waals surface area (Å²) in [5, 5.41) is 12.9. The van der Waals surface area contributed by atoms with E-state index in [-0.39, 0.29) is 23.5 Å². The normalized spacial score (nSPS) is 30.9. The van der Waals surface area contributed by atoms with Gasteiger partial charge in [0, 0.05) is 13.7 Å². The van der Waals surface area contributed by atoms with E-state index in [4.69, 9.17) is 4.74 Å². The van der Waals surface area contributed by atoms with Crippen molar-refractivity contribution < 1.29 is 14.6 Å². The minimum Gasteiger partial charge on any atom is -0.391 e. The standard InChI is InChI=1S/C13H23NO3/c1-17-9-8-13(6-7-13)12(16)14-10-4-2-3-5-11(10)15/h10-11,15H,2-9H2,1H3,(H,14,16)/t10-,11+/m1/s1. The topological polar surface area (TPSA) is 58.6 Å². The molecule has 0 spiro atoms. The highest BCUT2D eigenvalue weighted by Crippen LogP contribution is 2.49. The Morgan fingerprint density at radius 2 is 2.12 bits per heavy atom. The summed E-state index contributed by atoms with van der Waals surface area (Å²) in [7, 11) is 1.67. The first-order valence-electron chi connectivity index (χ1n) is 6.66. The van der Waals surface area contributed by atoms with E-state index in [1.807, 2.05) is 0 Å². The van der Waals surface area contributed by atoms with Gasteiger partial charge in [-0.3, -0.25) is 4.79 Å². The Morgan fingerprint density at radius 3 is 2.71 bits per heavy atom. The molecule has 2 saturated carbocycles. The zero-order valence-electron chi connectivity index (χ0n) is 10.6. The molecule has 2 aliphatic rings. The maximum Gasteiger partial charge on any atom is 0.226 e. The molecule has 2 aliphatic carbocycles. The number of methoxy groups -OCH3 is 1. The summed E-state index contributed by atoms with van der Waals surface area (Å²) < 4.78 is 5.05. The zero-order valence-corrected chi connectivity index (χ0v) is 10.6. The second kappa shape index (κ2) is 5.36. The molecule has 17 heavy (non-hydrogen) atoms. The molecule has 0 heterocycles. The van der Waals surface area contributed by atoms with Crippen LogP contribution in [-0.4, -0.2) is 36.9 Å². The fourth-order valence-electron chi connectivity index (χ4n) is 2.64. The summed E-state index contributed by atoms with van der Waals surface area (Å²) in [6, 6.07) is -0.0312. The molecule has 2 N–H and O–H groups in total. The van der Waals surface area contributed by atoms with Crippen LogP contribution in [0, 0.1) is 5.41 Å². The van der Waals surface area contributed by atoms with Crippen molar-refractivity contribution in [2.75, 3.05) is 13.7 Å². The molecular formula is C13H23NO3. The maximum absolute atomic E-state index is 12.2. The van der Waals surface area contributed by atoms with Gasteiger partial charge < -0.3 is 15.2 Å². The van der Waals surface area contributed by atoms with Crippen molar-refractivity contribution in [1.29, 1.82) is 0 Å². The Balaban J connectivity index is 1.83. The van der Waals surface area contributed by atoms with Crippen LogP contribution in [0.5, 0.6) is 0 Å². The molecule has 98 valence electrons. The predicted octanol–water partition coefficient (Wildman–Crippen LogP) is 1.22. The monoisotopic (exact) mass is 241 g/mol. The minimum atomic E-state index is -0.356. The van der Waals surface area contributed by atoms with Crippen molar-refractivity contribution in [2.24, 2.45) is 5.41 Å². The molecule has 0 aliphatic heterocycles. The fraction of sp³-hybridized carbons (Fsp3) is 0.923. The lowest BCUT2D eigenvalue weighted by Gasteiger charge is -2.30. The van der Waals surface area contributed by atoms with Gasteiger partial charge in [-0.25, -0.2) is 0 Å². The van der Waals surface area contributed by atoms with Crippen LogP contribution in [-0.2, 0) is 9.53 Å². The van der Waals surface area contributed by atoms with Gasteiger partial charge in [0.15, 0.2) is 0 Å². The number of hydrogen-bond acceptors (Lipinski definition) is 3. The number of hydrogen-bond donors (Lipinski definition) is 2. The molecule has 0 aromatic heterocycles. The number of aliphatic hydroxyl groups excluding tert-OH is 1. The molecule has 0 aromatic carbocycles. The average Bonchev–Trinajstić information content (AvgIpc) is 3.11. The van der Waals surface area contributed by atoms with Crippen molar-refractivity contribution in [3.63, 3.8) is 0 Å². The number of nitrogens with one attached hydrogen (secondary N) is 1. The second-order valence-corrected chi connectivity index (χ2v) is 5.45. The van der Waals surface area contributed by atoms with E-state index in [9.17, 15) is 9.90 Å². The summed E-state index contributed by atoms with van der Waals surface area (Å²) in [6.07, 6.45) is 6.28. The average molecular weight is 241 g/mol. The van der Waals surface area contributed by atoms with E-state index < -0.39 is 0 Å². The van der Waals surface area contributed by atoms with Gasteiger partial charge in [0.05, 0.1) is 17.6 Å². The molecule has 4 nitrogen and oxygen atoms in total. The van der Waals surface area contributed by atoms with Crippen LogP contribution < -0.4 is 5.32 Å². The Bertz CT molecular complexity index is 276. The smallest absolute Gasteiger partial charge is 0.226 e. The predicted molar refractivity (Wildman–Crippen MR) is 64.6 cm³/mol. The molecule has 2 rings (SSSR count). The van der Waals surface area contributed by atoms with Crippen LogP contribution in [0.4, 0.5) is 0 Å². The third-order valence-corrected chi connectivity index (χ3v) is 4.17. The second-order valence-electron chi connectivity index (χ2n) is 5.45.